The second-order valence-corrected chi connectivity index (χ2v) is 7.70. The molecule has 0 aliphatic heterocycles. The van der Waals surface area contributed by atoms with E-state index in [2.05, 4.69) is 15.9 Å². The zero-order chi connectivity index (χ0) is 14.6. The van der Waals surface area contributed by atoms with Gasteiger partial charge in [0.05, 0.1) is 11.3 Å². The molecule has 0 N–H and O–H groups in total. The van der Waals surface area contributed by atoms with Gasteiger partial charge in [-0.05, 0) is 35.0 Å². The Morgan fingerprint density at radius 2 is 1.95 bits per heavy atom. The minimum atomic E-state index is -3.10. The summed E-state index contributed by atoms with van der Waals surface area (Å²) in [5, 5.41) is 0. The summed E-state index contributed by atoms with van der Waals surface area (Å²) in [4.78, 5) is 13.7. The number of carbonyl (C=O) groups is 1. The molecule has 1 rings (SSSR count). The van der Waals surface area contributed by atoms with Crippen LogP contribution in [0.3, 0.4) is 0 Å². The predicted molar refractivity (Wildman–Crippen MR) is 80.0 cm³/mol. The quantitative estimate of drug-likeness (QED) is 0.821. The van der Waals surface area contributed by atoms with Crippen LogP contribution in [0.25, 0.3) is 0 Å². The van der Waals surface area contributed by atoms with Crippen molar-refractivity contribution in [3.8, 4) is 0 Å². The molecule has 1 aromatic rings. The molecule has 4 nitrogen and oxygen atoms in total. The first-order chi connectivity index (χ1) is 8.78. The Bertz CT molecular complexity index is 557. The smallest absolute Gasteiger partial charge is 0.255 e. The maximum atomic E-state index is 12.3. The number of amides is 1. The van der Waals surface area contributed by atoms with Gasteiger partial charge in [-0.25, -0.2) is 8.42 Å². The summed E-state index contributed by atoms with van der Waals surface area (Å²) >= 11 is 3.32. The van der Waals surface area contributed by atoms with Gasteiger partial charge in [0.15, 0.2) is 9.84 Å². The van der Waals surface area contributed by atoms with E-state index >= 15 is 0 Å². The van der Waals surface area contributed by atoms with Crippen molar-refractivity contribution in [2.24, 2.45) is 0 Å². The van der Waals surface area contributed by atoms with E-state index in [-0.39, 0.29) is 23.5 Å². The number of sulfone groups is 1. The summed E-state index contributed by atoms with van der Waals surface area (Å²) in [7, 11) is -1.47. The van der Waals surface area contributed by atoms with E-state index in [0.29, 0.717) is 10.0 Å². The first-order valence-electron chi connectivity index (χ1n) is 6.00. The Balaban J connectivity index is 2.86. The Labute approximate surface area is 122 Å². The van der Waals surface area contributed by atoms with Crippen LogP contribution >= 0.6 is 15.9 Å². The van der Waals surface area contributed by atoms with Gasteiger partial charge < -0.3 is 4.90 Å². The fraction of sp³-hybridized carbons (Fsp3) is 0.462. The number of carbonyl (C=O) groups excluding carboxylic acids is 1. The average molecular weight is 348 g/mol. The van der Waals surface area contributed by atoms with Crippen LogP contribution in [0.1, 0.15) is 24.2 Å². The lowest BCUT2D eigenvalue weighted by atomic mass is 10.2. The van der Waals surface area contributed by atoms with Crippen molar-refractivity contribution in [1.29, 1.82) is 0 Å². The highest BCUT2D eigenvalue weighted by Crippen LogP contribution is 2.18. The van der Waals surface area contributed by atoms with Crippen molar-refractivity contribution in [3.63, 3.8) is 0 Å². The summed E-state index contributed by atoms with van der Waals surface area (Å²) in [6, 6.07) is 6.74. The third-order valence-electron chi connectivity index (χ3n) is 3.02. The van der Waals surface area contributed by atoms with Crippen LogP contribution in [-0.2, 0) is 9.84 Å². The minimum absolute atomic E-state index is 0.0177. The van der Waals surface area contributed by atoms with E-state index in [1.165, 1.54) is 4.90 Å². The SMILES string of the molecule is CCS(=O)(=O)C[C@H](C)N(C)C(=O)c1ccccc1Br. The molecule has 19 heavy (non-hydrogen) atoms. The molecule has 0 saturated heterocycles. The Hall–Kier alpha value is -0.880. The molecule has 0 radical (unpaired) electrons. The molecule has 0 fully saturated rings. The van der Waals surface area contributed by atoms with Crippen LogP contribution in [-0.4, -0.2) is 43.8 Å². The highest BCUT2D eigenvalue weighted by molar-refractivity contribution is 9.10. The number of halogens is 1. The molecule has 0 aliphatic rings. The van der Waals surface area contributed by atoms with Crippen molar-refractivity contribution in [2.45, 2.75) is 19.9 Å². The first-order valence-corrected chi connectivity index (χ1v) is 8.62. The normalized spacial score (nSPS) is 13.1. The largest absolute Gasteiger partial charge is 0.338 e. The molecule has 0 spiro atoms. The second-order valence-electron chi connectivity index (χ2n) is 4.44. The zero-order valence-corrected chi connectivity index (χ0v) is 13.7. The van der Waals surface area contributed by atoms with Crippen LogP contribution in [0.5, 0.6) is 0 Å². The molecule has 1 amide bonds. The molecule has 0 bridgehead atoms. The summed E-state index contributed by atoms with van der Waals surface area (Å²) in [6.45, 7) is 3.35. The van der Waals surface area contributed by atoms with Gasteiger partial charge >= 0.3 is 0 Å². The molecule has 106 valence electrons. The lowest BCUT2D eigenvalue weighted by molar-refractivity contribution is 0.0756. The molecular formula is C13H18BrNO3S. The Kier molecular flexibility index (Phi) is 5.55. The van der Waals surface area contributed by atoms with Crippen molar-refractivity contribution < 1.29 is 13.2 Å². The lowest BCUT2D eigenvalue weighted by Gasteiger charge is -2.25. The van der Waals surface area contributed by atoms with Crippen LogP contribution in [0, 0.1) is 0 Å². The van der Waals surface area contributed by atoms with Crippen molar-refractivity contribution in [3.05, 3.63) is 34.3 Å². The monoisotopic (exact) mass is 347 g/mol. The molecule has 0 aromatic heterocycles. The van der Waals surface area contributed by atoms with E-state index in [1.807, 2.05) is 6.07 Å². The van der Waals surface area contributed by atoms with Crippen LogP contribution in [0.2, 0.25) is 0 Å². The molecule has 0 aliphatic carbocycles. The summed E-state index contributed by atoms with van der Waals surface area (Å²) in [5.74, 6) is -0.115. The number of hydrogen-bond acceptors (Lipinski definition) is 3. The van der Waals surface area contributed by atoms with Crippen molar-refractivity contribution in [1.82, 2.24) is 4.90 Å². The fourth-order valence-corrected chi connectivity index (χ4v) is 3.27. The van der Waals surface area contributed by atoms with E-state index in [9.17, 15) is 13.2 Å². The number of rotatable bonds is 5. The lowest BCUT2D eigenvalue weighted by Crippen LogP contribution is -2.39. The standard InChI is InChI=1S/C13H18BrNO3S/c1-4-19(17,18)9-10(2)15(3)13(16)11-7-5-6-8-12(11)14/h5-8,10H,4,9H2,1-3H3/t10-/m0/s1. The van der Waals surface area contributed by atoms with Gasteiger partial charge in [0.1, 0.15) is 0 Å². The average Bonchev–Trinajstić information content (AvgIpc) is 2.37. The van der Waals surface area contributed by atoms with Gasteiger partial charge in [-0.3, -0.25) is 4.79 Å². The van der Waals surface area contributed by atoms with Crippen molar-refractivity contribution in [2.75, 3.05) is 18.6 Å². The summed E-state index contributed by atoms with van der Waals surface area (Å²) < 4.78 is 23.9. The van der Waals surface area contributed by atoms with Crippen LogP contribution < -0.4 is 0 Å². The summed E-state index contributed by atoms with van der Waals surface area (Å²) in [6.07, 6.45) is 0. The van der Waals surface area contributed by atoms with E-state index in [0.717, 1.165) is 0 Å². The molecule has 6 heteroatoms. The number of nitrogens with zero attached hydrogens (tertiary/aromatic N) is 1. The Morgan fingerprint density at radius 3 is 2.47 bits per heavy atom. The van der Waals surface area contributed by atoms with Gasteiger partial charge in [-0.15, -0.1) is 0 Å². The van der Waals surface area contributed by atoms with Gasteiger partial charge in [0, 0.05) is 23.3 Å². The zero-order valence-electron chi connectivity index (χ0n) is 11.3. The molecule has 0 saturated carbocycles. The van der Waals surface area contributed by atoms with Gasteiger partial charge in [-0.1, -0.05) is 19.1 Å². The van der Waals surface area contributed by atoms with E-state index in [1.54, 1.807) is 39.1 Å². The van der Waals surface area contributed by atoms with Crippen molar-refractivity contribution >= 4 is 31.7 Å². The highest BCUT2D eigenvalue weighted by atomic mass is 79.9. The molecular weight excluding hydrogens is 330 g/mol. The van der Waals surface area contributed by atoms with E-state index in [4.69, 9.17) is 0 Å². The van der Waals surface area contributed by atoms with Gasteiger partial charge in [-0.2, -0.15) is 0 Å². The minimum Gasteiger partial charge on any atom is -0.338 e. The van der Waals surface area contributed by atoms with E-state index < -0.39 is 9.84 Å². The number of benzene rings is 1. The van der Waals surface area contributed by atoms with Crippen LogP contribution in [0.15, 0.2) is 28.7 Å². The molecule has 1 atom stereocenters. The predicted octanol–water partition coefficient (Wildman–Crippen LogP) is 2.34. The Morgan fingerprint density at radius 1 is 1.37 bits per heavy atom. The topological polar surface area (TPSA) is 54.5 Å². The highest BCUT2D eigenvalue weighted by Gasteiger charge is 2.23. The third-order valence-corrected chi connectivity index (χ3v) is 5.58. The fourth-order valence-electron chi connectivity index (χ4n) is 1.62. The number of hydrogen-bond donors (Lipinski definition) is 0. The third kappa shape index (κ3) is 4.31. The molecule has 0 unspecified atom stereocenters. The van der Waals surface area contributed by atoms with Crippen LogP contribution in [0.4, 0.5) is 0 Å². The van der Waals surface area contributed by atoms with Gasteiger partial charge in [0.25, 0.3) is 5.91 Å². The first kappa shape index (κ1) is 16.2. The maximum absolute atomic E-state index is 12.3. The second kappa shape index (κ2) is 6.52. The molecule has 1 aromatic carbocycles. The summed E-state index contributed by atoms with van der Waals surface area (Å²) in [5.41, 5.74) is 0.533. The molecule has 0 heterocycles. The van der Waals surface area contributed by atoms with Gasteiger partial charge in [0.2, 0.25) is 0 Å². The maximum Gasteiger partial charge on any atom is 0.255 e.